The van der Waals surface area contributed by atoms with Gasteiger partial charge < -0.3 is 0 Å². The van der Waals surface area contributed by atoms with Crippen molar-refractivity contribution in [2.75, 3.05) is 0 Å². The molecule has 0 spiro atoms. The highest BCUT2D eigenvalue weighted by molar-refractivity contribution is 8.01. The van der Waals surface area contributed by atoms with E-state index in [4.69, 9.17) is 0 Å². The van der Waals surface area contributed by atoms with Crippen molar-refractivity contribution in [3.05, 3.63) is 35.8 Å². The van der Waals surface area contributed by atoms with Crippen molar-refractivity contribution in [1.82, 2.24) is 0 Å². The molecule has 0 aliphatic rings. The fraction of sp³-hybridized carbons (Fsp3) is 0.222. The Kier molecular flexibility index (Phi) is 6.84. The normalized spacial score (nSPS) is 13.1. The average molecular weight is 167 g/mol. The molecule has 0 heterocycles. The zero-order valence-corrected chi connectivity index (χ0v) is 7.77. The SMILES string of the molecule is C=C/C=C\C=C(/C)SN=CC. The molecule has 0 unspecified atom stereocenters. The van der Waals surface area contributed by atoms with Gasteiger partial charge in [-0.25, -0.2) is 4.40 Å². The summed E-state index contributed by atoms with van der Waals surface area (Å²) in [5.74, 6) is 0. The van der Waals surface area contributed by atoms with E-state index in [1.165, 1.54) is 16.9 Å². The van der Waals surface area contributed by atoms with Crippen LogP contribution in [0.3, 0.4) is 0 Å². The third-order valence-electron chi connectivity index (χ3n) is 0.880. The van der Waals surface area contributed by atoms with E-state index in [1.807, 2.05) is 32.1 Å². The number of hydrogen-bond donors (Lipinski definition) is 0. The minimum Gasteiger partial charge on any atom is -0.224 e. The molecule has 11 heavy (non-hydrogen) atoms. The average Bonchev–Trinajstić information content (AvgIpc) is 2.01. The molecular formula is C9H13NS. The lowest BCUT2D eigenvalue weighted by molar-refractivity contribution is 1.66. The molecule has 60 valence electrons. The van der Waals surface area contributed by atoms with Crippen LogP contribution in [0.5, 0.6) is 0 Å². The highest BCUT2D eigenvalue weighted by Gasteiger charge is 1.81. The quantitative estimate of drug-likeness (QED) is 0.355. The van der Waals surface area contributed by atoms with Crippen LogP contribution < -0.4 is 0 Å². The first-order chi connectivity index (χ1) is 5.31. The second-order valence-electron chi connectivity index (χ2n) is 1.85. The van der Waals surface area contributed by atoms with E-state index in [9.17, 15) is 0 Å². The van der Waals surface area contributed by atoms with Gasteiger partial charge in [0.15, 0.2) is 0 Å². The minimum atomic E-state index is 1.17. The van der Waals surface area contributed by atoms with Gasteiger partial charge in [0.25, 0.3) is 0 Å². The minimum absolute atomic E-state index is 1.17. The van der Waals surface area contributed by atoms with Crippen LogP contribution >= 0.6 is 11.9 Å². The first-order valence-electron chi connectivity index (χ1n) is 3.42. The summed E-state index contributed by atoms with van der Waals surface area (Å²) in [4.78, 5) is 1.17. The summed E-state index contributed by atoms with van der Waals surface area (Å²) < 4.78 is 4.01. The summed E-state index contributed by atoms with van der Waals surface area (Å²) in [6, 6.07) is 0. The van der Waals surface area contributed by atoms with Gasteiger partial charge in [-0.05, 0) is 13.8 Å². The van der Waals surface area contributed by atoms with Crippen LogP contribution in [0.4, 0.5) is 0 Å². The molecule has 0 fully saturated rings. The third-order valence-corrected chi connectivity index (χ3v) is 1.62. The fourth-order valence-corrected chi connectivity index (χ4v) is 0.847. The Bertz CT molecular complexity index is 190. The van der Waals surface area contributed by atoms with Crippen LogP contribution in [-0.2, 0) is 0 Å². The van der Waals surface area contributed by atoms with Crippen molar-refractivity contribution >= 4 is 18.2 Å². The Labute approximate surface area is 72.7 Å². The number of allylic oxidation sites excluding steroid dienone is 5. The molecule has 0 aromatic rings. The van der Waals surface area contributed by atoms with E-state index in [0.29, 0.717) is 0 Å². The van der Waals surface area contributed by atoms with Crippen LogP contribution in [0.15, 0.2) is 40.2 Å². The Morgan fingerprint density at radius 2 is 2.18 bits per heavy atom. The molecule has 0 rings (SSSR count). The maximum Gasteiger partial charge on any atom is 0.00988 e. The monoisotopic (exact) mass is 167 g/mol. The summed E-state index contributed by atoms with van der Waals surface area (Å²) in [6.07, 6.45) is 9.36. The summed E-state index contributed by atoms with van der Waals surface area (Å²) in [5, 5.41) is 0. The van der Waals surface area contributed by atoms with Gasteiger partial charge in [-0.15, -0.1) is 0 Å². The van der Waals surface area contributed by atoms with Crippen molar-refractivity contribution in [3.63, 3.8) is 0 Å². The van der Waals surface area contributed by atoms with Gasteiger partial charge in [0.05, 0.1) is 0 Å². The highest BCUT2D eigenvalue weighted by Crippen LogP contribution is 2.14. The van der Waals surface area contributed by atoms with E-state index >= 15 is 0 Å². The number of rotatable bonds is 4. The van der Waals surface area contributed by atoms with Gasteiger partial charge >= 0.3 is 0 Å². The van der Waals surface area contributed by atoms with Crippen molar-refractivity contribution in [1.29, 1.82) is 0 Å². The zero-order valence-electron chi connectivity index (χ0n) is 6.95. The first kappa shape index (κ1) is 10.2. The molecule has 0 atom stereocenters. The first-order valence-corrected chi connectivity index (χ1v) is 4.19. The largest absolute Gasteiger partial charge is 0.224 e. The summed E-state index contributed by atoms with van der Waals surface area (Å²) in [7, 11) is 0. The molecule has 0 amide bonds. The van der Waals surface area contributed by atoms with Gasteiger partial charge in [-0.1, -0.05) is 30.9 Å². The summed E-state index contributed by atoms with van der Waals surface area (Å²) >= 11 is 1.47. The van der Waals surface area contributed by atoms with Crippen molar-refractivity contribution < 1.29 is 0 Å². The van der Waals surface area contributed by atoms with Gasteiger partial charge in [-0.2, -0.15) is 0 Å². The van der Waals surface area contributed by atoms with E-state index in [2.05, 4.69) is 11.0 Å². The molecule has 0 saturated heterocycles. The van der Waals surface area contributed by atoms with E-state index < -0.39 is 0 Å². The molecule has 1 nitrogen and oxygen atoms in total. The smallest absolute Gasteiger partial charge is 0.00988 e. The molecule has 0 bridgehead atoms. The molecule has 0 radical (unpaired) electrons. The number of hydrogen-bond acceptors (Lipinski definition) is 2. The van der Waals surface area contributed by atoms with E-state index in [0.717, 1.165) is 0 Å². The lowest BCUT2D eigenvalue weighted by Crippen LogP contribution is -1.62. The van der Waals surface area contributed by atoms with Crippen LogP contribution in [0, 0.1) is 0 Å². The lowest BCUT2D eigenvalue weighted by atomic mass is 10.4. The lowest BCUT2D eigenvalue weighted by Gasteiger charge is -1.88. The second-order valence-corrected chi connectivity index (χ2v) is 2.89. The molecule has 0 N–H and O–H groups in total. The molecule has 0 saturated carbocycles. The molecular weight excluding hydrogens is 154 g/mol. The predicted octanol–water partition coefficient (Wildman–Crippen LogP) is 3.37. The van der Waals surface area contributed by atoms with Crippen molar-refractivity contribution in [2.24, 2.45) is 4.40 Å². The second kappa shape index (κ2) is 7.35. The van der Waals surface area contributed by atoms with Crippen molar-refractivity contribution in [3.8, 4) is 0 Å². The maximum atomic E-state index is 4.01. The zero-order chi connectivity index (χ0) is 8.53. The topological polar surface area (TPSA) is 12.4 Å². The predicted molar refractivity (Wildman–Crippen MR) is 54.9 cm³/mol. The van der Waals surface area contributed by atoms with E-state index in [-0.39, 0.29) is 0 Å². The molecule has 0 aliphatic carbocycles. The maximum absolute atomic E-state index is 4.01. The Balaban J connectivity index is 3.80. The van der Waals surface area contributed by atoms with Crippen LogP contribution in [0.2, 0.25) is 0 Å². The summed E-state index contributed by atoms with van der Waals surface area (Å²) in [5.41, 5.74) is 0. The highest BCUT2D eigenvalue weighted by atomic mass is 32.2. The van der Waals surface area contributed by atoms with Crippen molar-refractivity contribution in [2.45, 2.75) is 13.8 Å². The fourth-order valence-electron chi connectivity index (χ4n) is 0.436. The Morgan fingerprint density at radius 1 is 1.45 bits per heavy atom. The molecule has 0 aromatic heterocycles. The molecule has 0 aliphatic heterocycles. The summed E-state index contributed by atoms with van der Waals surface area (Å²) in [6.45, 7) is 7.49. The molecule has 2 heteroatoms. The van der Waals surface area contributed by atoms with Gasteiger partial charge in [0.1, 0.15) is 0 Å². The van der Waals surface area contributed by atoms with Crippen LogP contribution in [0.1, 0.15) is 13.8 Å². The van der Waals surface area contributed by atoms with Gasteiger partial charge in [0.2, 0.25) is 0 Å². The third kappa shape index (κ3) is 7.13. The Morgan fingerprint density at radius 3 is 2.73 bits per heavy atom. The van der Waals surface area contributed by atoms with Crippen LogP contribution in [-0.4, -0.2) is 6.21 Å². The Hall–Kier alpha value is -0.760. The number of nitrogens with zero attached hydrogens (tertiary/aromatic N) is 1. The van der Waals surface area contributed by atoms with E-state index in [1.54, 1.807) is 12.3 Å². The van der Waals surface area contributed by atoms with Gasteiger partial charge in [0, 0.05) is 23.1 Å². The van der Waals surface area contributed by atoms with Gasteiger partial charge in [-0.3, -0.25) is 0 Å². The molecule has 0 aromatic carbocycles. The van der Waals surface area contributed by atoms with Crippen LogP contribution in [0.25, 0.3) is 0 Å². The standard InChI is InChI=1S/C9H13NS/c1-4-6-7-8-9(3)11-10-5-2/h4-8H,1H2,2-3H3/b7-6-,9-8+,10-5?.